The molecule has 8 nitrogen and oxygen atoms in total. The Labute approximate surface area is 194 Å². The van der Waals surface area contributed by atoms with E-state index in [1.807, 2.05) is 12.1 Å². The van der Waals surface area contributed by atoms with Crippen molar-refractivity contribution in [3.05, 3.63) is 53.3 Å². The third-order valence-corrected chi connectivity index (χ3v) is 5.44. The average molecular weight is 479 g/mol. The quantitative estimate of drug-likeness (QED) is 0.538. The molecule has 1 heterocycles. The van der Waals surface area contributed by atoms with Crippen LogP contribution in [0, 0.1) is 23.4 Å². The Morgan fingerprint density at radius 3 is 2.50 bits per heavy atom. The Hall–Kier alpha value is -3.76. The molecule has 1 aliphatic heterocycles. The Morgan fingerprint density at radius 1 is 1.06 bits per heavy atom. The highest BCUT2D eigenvalue weighted by Crippen LogP contribution is 2.28. The Kier molecular flexibility index (Phi) is 7.98. The Bertz CT molecular complexity index is 1100. The number of ether oxygens (including phenoxy) is 2. The number of likely N-dealkylation sites (tertiary alicyclic amines) is 1. The first kappa shape index (κ1) is 24.9. The number of carbonyl (C=O) groups is 3. The van der Waals surface area contributed by atoms with Gasteiger partial charge >= 0.3 is 0 Å². The van der Waals surface area contributed by atoms with Crippen LogP contribution in [0.15, 0.2) is 30.3 Å². The van der Waals surface area contributed by atoms with E-state index in [1.54, 1.807) is 11.0 Å². The van der Waals surface area contributed by atoms with Gasteiger partial charge < -0.3 is 25.0 Å². The van der Waals surface area contributed by atoms with Crippen LogP contribution in [0.4, 0.5) is 18.9 Å². The third-order valence-electron chi connectivity index (χ3n) is 5.44. The minimum atomic E-state index is -1.71. The highest BCUT2D eigenvalue weighted by Gasteiger charge is 2.34. The van der Waals surface area contributed by atoms with Gasteiger partial charge in [0, 0.05) is 19.5 Å². The monoisotopic (exact) mass is 479 g/mol. The van der Waals surface area contributed by atoms with E-state index in [9.17, 15) is 27.6 Å². The maximum atomic E-state index is 13.7. The molecule has 2 aromatic rings. The van der Waals surface area contributed by atoms with Gasteiger partial charge in [0.1, 0.15) is 0 Å². The van der Waals surface area contributed by atoms with Crippen molar-refractivity contribution in [1.82, 2.24) is 10.2 Å². The van der Waals surface area contributed by atoms with Gasteiger partial charge in [0.25, 0.3) is 0 Å². The van der Waals surface area contributed by atoms with E-state index in [-0.39, 0.29) is 18.9 Å². The van der Waals surface area contributed by atoms with E-state index >= 15 is 0 Å². The fourth-order valence-electron chi connectivity index (χ4n) is 3.59. The highest BCUT2D eigenvalue weighted by atomic mass is 19.2. The summed E-state index contributed by atoms with van der Waals surface area (Å²) in [6.45, 7) is 0.0684. The van der Waals surface area contributed by atoms with Crippen LogP contribution in [-0.2, 0) is 20.8 Å². The van der Waals surface area contributed by atoms with Crippen molar-refractivity contribution in [2.24, 2.45) is 5.92 Å². The van der Waals surface area contributed by atoms with Crippen LogP contribution in [0.1, 0.15) is 12.0 Å². The molecular weight excluding hydrogens is 455 g/mol. The summed E-state index contributed by atoms with van der Waals surface area (Å²) in [4.78, 5) is 38.3. The van der Waals surface area contributed by atoms with Crippen molar-refractivity contribution in [3.63, 3.8) is 0 Å². The number of methoxy groups -OCH3 is 2. The molecule has 0 aromatic heterocycles. The smallest absolute Gasteiger partial charge is 0.243 e. The van der Waals surface area contributed by atoms with E-state index in [1.165, 1.54) is 14.2 Å². The lowest BCUT2D eigenvalue weighted by Gasteiger charge is -2.17. The second kappa shape index (κ2) is 10.9. The minimum absolute atomic E-state index is 0.00279. The van der Waals surface area contributed by atoms with Crippen molar-refractivity contribution in [2.75, 3.05) is 39.2 Å². The van der Waals surface area contributed by atoms with Crippen molar-refractivity contribution in [1.29, 1.82) is 0 Å². The molecule has 3 amide bonds. The normalized spacial score (nSPS) is 15.3. The van der Waals surface area contributed by atoms with Crippen molar-refractivity contribution < 1.29 is 37.0 Å². The lowest BCUT2D eigenvalue weighted by molar-refractivity contribution is -0.129. The number of hydrogen-bond acceptors (Lipinski definition) is 5. The molecule has 1 unspecified atom stereocenters. The Morgan fingerprint density at radius 2 is 1.79 bits per heavy atom. The van der Waals surface area contributed by atoms with E-state index in [2.05, 4.69) is 10.6 Å². The molecule has 3 rings (SSSR count). The molecule has 1 fully saturated rings. The average Bonchev–Trinajstić information content (AvgIpc) is 3.21. The summed E-state index contributed by atoms with van der Waals surface area (Å²) in [6.07, 6.45) is 0.541. The number of anilines is 1. The molecule has 0 bridgehead atoms. The van der Waals surface area contributed by atoms with Crippen LogP contribution < -0.4 is 20.1 Å². The number of amides is 3. The van der Waals surface area contributed by atoms with E-state index in [4.69, 9.17) is 9.47 Å². The molecule has 0 aliphatic carbocycles. The predicted octanol–water partition coefficient (Wildman–Crippen LogP) is 2.27. The zero-order valence-electron chi connectivity index (χ0n) is 18.6. The number of nitrogens with one attached hydrogen (secondary N) is 2. The van der Waals surface area contributed by atoms with Crippen molar-refractivity contribution in [3.8, 4) is 11.5 Å². The summed E-state index contributed by atoms with van der Waals surface area (Å²) in [7, 11) is 3.07. The molecule has 1 aliphatic rings. The summed E-state index contributed by atoms with van der Waals surface area (Å²) in [5, 5.41) is 4.45. The first-order chi connectivity index (χ1) is 16.2. The van der Waals surface area contributed by atoms with E-state index < -0.39 is 47.4 Å². The molecule has 0 saturated carbocycles. The molecular formula is C23H24F3N3O5. The third kappa shape index (κ3) is 5.77. The summed E-state index contributed by atoms with van der Waals surface area (Å²) in [6, 6.07) is 7.00. The lowest BCUT2D eigenvalue weighted by atomic mass is 10.1. The number of benzene rings is 2. The van der Waals surface area contributed by atoms with Gasteiger partial charge in [0.2, 0.25) is 17.7 Å². The largest absolute Gasteiger partial charge is 0.493 e. The van der Waals surface area contributed by atoms with Crippen LogP contribution in [0.25, 0.3) is 0 Å². The lowest BCUT2D eigenvalue weighted by Crippen LogP contribution is -2.38. The van der Waals surface area contributed by atoms with E-state index in [0.717, 1.165) is 11.6 Å². The number of rotatable bonds is 9. The van der Waals surface area contributed by atoms with Gasteiger partial charge in [-0.1, -0.05) is 6.07 Å². The van der Waals surface area contributed by atoms with Gasteiger partial charge in [-0.15, -0.1) is 0 Å². The molecule has 1 atom stereocenters. The summed E-state index contributed by atoms with van der Waals surface area (Å²) >= 11 is 0. The van der Waals surface area contributed by atoms with Crippen LogP contribution >= 0.6 is 0 Å². The van der Waals surface area contributed by atoms with Gasteiger partial charge in [0.05, 0.1) is 32.4 Å². The summed E-state index contributed by atoms with van der Waals surface area (Å²) < 4.78 is 50.4. The molecule has 11 heteroatoms. The minimum Gasteiger partial charge on any atom is -0.493 e. The van der Waals surface area contributed by atoms with Gasteiger partial charge in [-0.3, -0.25) is 14.4 Å². The first-order valence-electron chi connectivity index (χ1n) is 10.4. The second-order valence-corrected chi connectivity index (χ2v) is 7.67. The van der Waals surface area contributed by atoms with Crippen LogP contribution in [0.2, 0.25) is 0 Å². The number of nitrogens with zero attached hydrogens (tertiary/aromatic N) is 1. The standard InChI is InChI=1S/C23H24F3N3O5/c1-33-17-6-3-13(9-18(17)34-2)7-8-29-12-14(10-20(29)31)23(32)27-11-19(30)28-16-5-4-15(24)21(25)22(16)26/h3-6,9,14H,7-8,10-12H2,1-2H3,(H,27,32)(H,28,30). The second-order valence-electron chi connectivity index (χ2n) is 7.67. The number of halogens is 3. The Balaban J connectivity index is 1.48. The molecule has 0 spiro atoms. The zero-order valence-corrected chi connectivity index (χ0v) is 18.6. The van der Waals surface area contributed by atoms with E-state index in [0.29, 0.717) is 30.5 Å². The molecule has 182 valence electrons. The van der Waals surface area contributed by atoms with Gasteiger partial charge in [-0.2, -0.15) is 0 Å². The van der Waals surface area contributed by atoms with Crippen LogP contribution in [0.5, 0.6) is 11.5 Å². The maximum Gasteiger partial charge on any atom is 0.243 e. The maximum absolute atomic E-state index is 13.7. The molecule has 2 aromatic carbocycles. The summed E-state index contributed by atoms with van der Waals surface area (Å²) in [5.74, 6) is -5.63. The highest BCUT2D eigenvalue weighted by molar-refractivity contribution is 5.96. The molecule has 2 N–H and O–H groups in total. The van der Waals surface area contributed by atoms with Crippen LogP contribution in [0.3, 0.4) is 0 Å². The van der Waals surface area contributed by atoms with Crippen LogP contribution in [-0.4, -0.2) is 56.5 Å². The van der Waals surface area contributed by atoms with Crippen molar-refractivity contribution in [2.45, 2.75) is 12.8 Å². The van der Waals surface area contributed by atoms with Crippen molar-refractivity contribution >= 4 is 23.4 Å². The topological polar surface area (TPSA) is 97.0 Å². The van der Waals surface area contributed by atoms with Gasteiger partial charge in [-0.05, 0) is 36.2 Å². The molecule has 34 heavy (non-hydrogen) atoms. The molecule has 0 radical (unpaired) electrons. The zero-order chi connectivity index (χ0) is 24.8. The summed E-state index contributed by atoms with van der Waals surface area (Å²) in [5.41, 5.74) is 0.384. The SMILES string of the molecule is COc1ccc(CCN2CC(C(=O)NCC(=O)Nc3ccc(F)c(F)c3F)CC2=O)cc1OC. The fraction of sp³-hybridized carbons (Fsp3) is 0.348. The number of carbonyl (C=O) groups excluding carboxylic acids is 3. The predicted molar refractivity (Wildman–Crippen MR) is 116 cm³/mol. The number of hydrogen-bond donors (Lipinski definition) is 2. The fourth-order valence-corrected chi connectivity index (χ4v) is 3.59. The van der Waals surface area contributed by atoms with Gasteiger partial charge in [-0.25, -0.2) is 13.2 Å². The first-order valence-corrected chi connectivity index (χ1v) is 10.4. The molecule has 1 saturated heterocycles. The van der Waals surface area contributed by atoms with Gasteiger partial charge in [0.15, 0.2) is 29.0 Å².